The van der Waals surface area contributed by atoms with E-state index in [0.29, 0.717) is 6.10 Å². The molecule has 17 heavy (non-hydrogen) atoms. The van der Waals surface area contributed by atoms with E-state index in [-0.39, 0.29) is 0 Å². The number of ether oxygens (including phenoxy) is 1. The molecule has 0 spiro atoms. The molecule has 1 fully saturated rings. The number of rotatable bonds is 7. The molecule has 0 aliphatic carbocycles. The highest BCUT2D eigenvalue weighted by Crippen LogP contribution is 2.11. The van der Waals surface area contributed by atoms with Gasteiger partial charge in [-0.3, -0.25) is 0 Å². The van der Waals surface area contributed by atoms with E-state index in [4.69, 9.17) is 4.74 Å². The van der Waals surface area contributed by atoms with Crippen molar-refractivity contribution in [3.8, 4) is 0 Å². The van der Waals surface area contributed by atoms with Crippen LogP contribution in [-0.2, 0) is 11.3 Å². The Labute approximate surface area is 108 Å². The van der Waals surface area contributed by atoms with Gasteiger partial charge >= 0.3 is 0 Å². The van der Waals surface area contributed by atoms with Gasteiger partial charge in [0.15, 0.2) is 0 Å². The molecule has 0 bridgehead atoms. The molecule has 0 amide bonds. The van der Waals surface area contributed by atoms with Crippen LogP contribution in [0.1, 0.15) is 17.7 Å². The van der Waals surface area contributed by atoms with E-state index in [1.165, 1.54) is 17.7 Å². The SMILES string of the molecule is CN(CCNCC1CCCO1)Cc1cccs1. The molecule has 2 rings (SSSR count). The minimum absolute atomic E-state index is 0.456. The van der Waals surface area contributed by atoms with Crippen LogP contribution in [0, 0.1) is 0 Å². The third kappa shape index (κ3) is 4.76. The molecule has 1 aromatic rings. The number of likely N-dealkylation sites (N-methyl/N-ethyl adjacent to an activating group) is 1. The third-order valence-electron chi connectivity index (χ3n) is 3.07. The maximum atomic E-state index is 5.57. The van der Waals surface area contributed by atoms with Crippen molar-refractivity contribution in [2.24, 2.45) is 0 Å². The van der Waals surface area contributed by atoms with E-state index in [2.05, 4.69) is 34.8 Å². The minimum atomic E-state index is 0.456. The van der Waals surface area contributed by atoms with Crippen LogP contribution in [-0.4, -0.2) is 44.3 Å². The van der Waals surface area contributed by atoms with Crippen molar-refractivity contribution in [1.29, 1.82) is 0 Å². The first kappa shape index (κ1) is 13.0. The zero-order valence-corrected chi connectivity index (χ0v) is 11.3. The van der Waals surface area contributed by atoms with Crippen LogP contribution >= 0.6 is 11.3 Å². The highest BCUT2D eigenvalue weighted by Gasteiger charge is 2.14. The topological polar surface area (TPSA) is 24.5 Å². The molecule has 3 nitrogen and oxygen atoms in total. The Kier molecular flexibility index (Phi) is 5.45. The summed E-state index contributed by atoms with van der Waals surface area (Å²) in [7, 11) is 2.17. The molecule has 1 aliphatic rings. The molecular formula is C13H22N2OS. The van der Waals surface area contributed by atoms with Gasteiger partial charge in [0.25, 0.3) is 0 Å². The lowest BCUT2D eigenvalue weighted by Crippen LogP contribution is -2.33. The Balaban J connectivity index is 1.52. The van der Waals surface area contributed by atoms with E-state index >= 15 is 0 Å². The molecule has 1 aromatic heterocycles. The van der Waals surface area contributed by atoms with Crippen molar-refractivity contribution in [2.75, 3.05) is 33.3 Å². The summed E-state index contributed by atoms with van der Waals surface area (Å²) in [5.41, 5.74) is 0. The Morgan fingerprint density at radius 3 is 3.24 bits per heavy atom. The average molecular weight is 254 g/mol. The largest absolute Gasteiger partial charge is 0.377 e. The summed E-state index contributed by atoms with van der Waals surface area (Å²) in [6, 6.07) is 4.31. The highest BCUT2D eigenvalue weighted by atomic mass is 32.1. The van der Waals surface area contributed by atoms with Gasteiger partial charge in [0.1, 0.15) is 0 Å². The Morgan fingerprint density at radius 2 is 2.53 bits per heavy atom. The van der Waals surface area contributed by atoms with Crippen LogP contribution in [0.3, 0.4) is 0 Å². The summed E-state index contributed by atoms with van der Waals surface area (Å²) < 4.78 is 5.57. The first-order valence-corrected chi connectivity index (χ1v) is 7.26. The second-order valence-corrected chi connectivity index (χ2v) is 5.69. The van der Waals surface area contributed by atoms with Crippen LogP contribution in [0.25, 0.3) is 0 Å². The van der Waals surface area contributed by atoms with Gasteiger partial charge in [-0.25, -0.2) is 0 Å². The third-order valence-corrected chi connectivity index (χ3v) is 3.93. The minimum Gasteiger partial charge on any atom is -0.377 e. The molecule has 0 radical (unpaired) electrons. The van der Waals surface area contributed by atoms with Gasteiger partial charge in [0, 0.05) is 37.7 Å². The predicted octanol–water partition coefficient (Wildman–Crippen LogP) is 1.95. The maximum Gasteiger partial charge on any atom is 0.0700 e. The summed E-state index contributed by atoms with van der Waals surface area (Å²) in [6.45, 7) is 5.14. The monoisotopic (exact) mass is 254 g/mol. The number of nitrogens with zero attached hydrogens (tertiary/aromatic N) is 1. The average Bonchev–Trinajstić information content (AvgIpc) is 2.96. The fourth-order valence-electron chi connectivity index (χ4n) is 2.09. The normalized spacial score (nSPS) is 20.2. The Hall–Kier alpha value is -0.420. The standard InChI is InChI=1S/C13H22N2OS/c1-15(11-13-5-3-9-17-13)7-6-14-10-12-4-2-8-16-12/h3,5,9,12,14H,2,4,6-8,10-11H2,1H3. The first-order valence-electron chi connectivity index (χ1n) is 6.38. The lowest BCUT2D eigenvalue weighted by Gasteiger charge is -2.17. The van der Waals surface area contributed by atoms with Crippen LogP contribution in [0.4, 0.5) is 0 Å². The molecule has 96 valence electrons. The molecule has 1 saturated heterocycles. The Morgan fingerprint density at radius 1 is 1.59 bits per heavy atom. The molecule has 1 N–H and O–H groups in total. The molecule has 1 unspecified atom stereocenters. The fraction of sp³-hybridized carbons (Fsp3) is 0.692. The second-order valence-electron chi connectivity index (χ2n) is 4.66. The van der Waals surface area contributed by atoms with Crippen LogP contribution in [0.15, 0.2) is 17.5 Å². The van der Waals surface area contributed by atoms with Gasteiger partial charge < -0.3 is 15.0 Å². The second kappa shape index (κ2) is 7.11. The maximum absolute atomic E-state index is 5.57. The smallest absolute Gasteiger partial charge is 0.0700 e. The van der Waals surface area contributed by atoms with Gasteiger partial charge in [-0.1, -0.05) is 6.07 Å². The van der Waals surface area contributed by atoms with E-state index in [9.17, 15) is 0 Å². The zero-order chi connectivity index (χ0) is 11.9. The molecule has 4 heteroatoms. The van der Waals surface area contributed by atoms with Gasteiger partial charge in [-0.15, -0.1) is 11.3 Å². The molecule has 1 atom stereocenters. The van der Waals surface area contributed by atoms with Crippen LogP contribution in [0.2, 0.25) is 0 Å². The Bertz CT molecular complexity index is 296. The van der Waals surface area contributed by atoms with Crippen molar-refractivity contribution >= 4 is 11.3 Å². The van der Waals surface area contributed by atoms with E-state index in [1.807, 2.05) is 11.3 Å². The summed E-state index contributed by atoms with van der Waals surface area (Å²) in [5.74, 6) is 0. The van der Waals surface area contributed by atoms with Crippen molar-refractivity contribution in [1.82, 2.24) is 10.2 Å². The van der Waals surface area contributed by atoms with Gasteiger partial charge in [-0.05, 0) is 31.3 Å². The quantitative estimate of drug-likeness (QED) is 0.753. The molecule has 2 heterocycles. The van der Waals surface area contributed by atoms with Crippen molar-refractivity contribution < 1.29 is 4.74 Å². The molecular weight excluding hydrogens is 232 g/mol. The summed E-state index contributed by atoms with van der Waals surface area (Å²) in [4.78, 5) is 3.79. The molecule has 1 aliphatic heterocycles. The van der Waals surface area contributed by atoms with Crippen molar-refractivity contribution in [3.63, 3.8) is 0 Å². The van der Waals surface area contributed by atoms with E-state index in [1.54, 1.807) is 0 Å². The highest BCUT2D eigenvalue weighted by molar-refractivity contribution is 7.09. The van der Waals surface area contributed by atoms with E-state index in [0.717, 1.165) is 32.8 Å². The predicted molar refractivity (Wildman–Crippen MR) is 72.5 cm³/mol. The van der Waals surface area contributed by atoms with E-state index < -0.39 is 0 Å². The van der Waals surface area contributed by atoms with Gasteiger partial charge in [0.05, 0.1) is 6.10 Å². The fourth-order valence-corrected chi connectivity index (χ4v) is 2.87. The lowest BCUT2D eigenvalue weighted by molar-refractivity contribution is 0.109. The summed E-state index contributed by atoms with van der Waals surface area (Å²) >= 11 is 1.83. The van der Waals surface area contributed by atoms with Crippen LogP contribution < -0.4 is 5.32 Å². The summed E-state index contributed by atoms with van der Waals surface area (Å²) in [6.07, 6.45) is 2.90. The first-order chi connectivity index (χ1) is 8.34. The number of hydrogen-bond acceptors (Lipinski definition) is 4. The van der Waals surface area contributed by atoms with Crippen LogP contribution in [0.5, 0.6) is 0 Å². The molecule has 0 aromatic carbocycles. The lowest BCUT2D eigenvalue weighted by atomic mass is 10.2. The summed E-state index contributed by atoms with van der Waals surface area (Å²) in [5, 5.41) is 5.61. The number of hydrogen-bond donors (Lipinski definition) is 1. The van der Waals surface area contributed by atoms with Gasteiger partial charge in [0.2, 0.25) is 0 Å². The number of nitrogens with one attached hydrogen (secondary N) is 1. The van der Waals surface area contributed by atoms with Crippen molar-refractivity contribution in [2.45, 2.75) is 25.5 Å². The van der Waals surface area contributed by atoms with Gasteiger partial charge in [-0.2, -0.15) is 0 Å². The number of thiophene rings is 1. The van der Waals surface area contributed by atoms with Crippen molar-refractivity contribution in [3.05, 3.63) is 22.4 Å². The molecule has 0 saturated carbocycles. The zero-order valence-electron chi connectivity index (χ0n) is 10.5.